The third-order valence-electron chi connectivity index (χ3n) is 4.52. The highest BCUT2D eigenvalue weighted by Gasteiger charge is 2.57. The minimum Gasteiger partial charge on any atom is -0.475 e. The second-order valence-electron chi connectivity index (χ2n) is 6.73. The van der Waals surface area contributed by atoms with Gasteiger partial charge in [-0.1, -0.05) is 0 Å². The van der Waals surface area contributed by atoms with E-state index in [4.69, 9.17) is 27.8 Å². The molecule has 0 spiro atoms. The summed E-state index contributed by atoms with van der Waals surface area (Å²) in [6.07, 6.45) is 0.798. The number of Topliss-reactive ketones (excluding diaryl/α,β-unsaturated/α-hetero) is 1. The van der Waals surface area contributed by atoms with Crippen LogP contribution >= 0.6 is 11.6 Å². The molecule has 1 aliphatic rings. The number of ketones is 1. The lowest BCUT2D eigenvalue weighted by molar-refractivity contribution is -0.118. The van der Waals surface area contributed by atoms with E-state index in [1.165, 1.54) is 12.3 Å². The van der Waals surface area contributed by atoms with Gasteiger partial charge >= 0.3 is 5.92 Å². The maximum atomic E-state index is 14.5. The van der Waals surface area contributed by atoms with Gasteiger partial charge in [-0.25, -0.2) is 14.4 Å². The molecule has 0 aliphatic carbocycles. The molecule has 0 bridgehead atoms. The number of anilines is 1. The molecule has 0 fully saturated rings. The van der Waals surface area contributed by atoms with Gasteiger partial charge in [0.2, 0.25) is 5.88 Å². The Labute approximate surface area is 179 Å². The molecule has 9 nitrogen and oxygen atoms in total. The Morgan fingerprint density at radius 3 is 2.74 bits per heavy atom. The largest absolute Gasteiger partial charge is 0.475 e. The monoisotopic (exact) mass is 458 g/mol. The predicted octanol–water partition coefficient (Wildman–Crippen LogP) is 1.83. The van der Waals surface area contributed by atoms with Crippen molar-refractivity contribution < 1.29 is 27.4 Å². The highest BCUT2D eigenvalue weighted by atomic mass is 35.5. The third-order valence-corrected chi connectivity index (χ3v) is 4.68. The van der Waals surface area contributed by atoms with Crippen LogP contribution in [0, 0.1) is 5.82 Å². The van der Waals surface area contributed by atoms with E-state index in [9.17, 15) is 18.0 Å². The van der Waals surface area contributed by atoms with Crippen molar-refractivity contribution in [1.29, 1.82) is 0 Å². The smallest absolute Gasteiger partial charge is 0.311 e. The van der Waals surface area contributed by atoms with Crippen molar-refractivity contribution in [3.8, 4) is 5.88 Å². The van der Waals surface area contributed by atoms with E-state index in [-0.39, 0.29) is 35.6 Å². The van der Waals surface area contributed by atoms with Crippen molar-refractivity contribution in [2.45, 2.75) is 24.8 Å². The molecule has 13 heteroatoms. The van der Waals surface area contributed by atoms with Crippen molar-refractivity contribution in [3.05, 3.63) is 41.2 Å². The number of hydrogen-bond acceptors (Lipinski definition) is 9. The average molecular weight is 459 g/mol. The summed E-state index contributed by atoms with van der Waals surface area (Å²) >= 11 is 5.52. The molecule has 2 aromatic heterocycles. The Kier molecular flexibility index (Phi) is 6.20. The van der Waals surface area contributed by atoms with Crippen LogP contribution in [0.15, 0.2) is 23.3 Å². The number of alkyl halides is 3. The molecule has 0 radical (unpaired) electrons. The first-order chi connectivity index (χ1) is 14.6. The summed E-state index contributed by atoms with van der Waals surface area (Å²) in [5.41, 5.74) is 7.92. The Balaban J connectivity index is 1.89. The fourth-order valence-corrected chi connectivity index (χ4v) is 2.93. The number of nitrogen functional groups attached to an aromatic ring is 1. The molecule has 1 aliphatic heterocycles. The number of nitrogens with two attached hydrogens (primary N) is 2. The Hall–Kier alpha value is -3.15. The van der Waals surface area contributed by atoms with Crippen molar-refractivity contribution in [2.75, 3.05) is 24.8 Å². The van der Waals surface area contributed by atoms with Gasteiger partial charge in [-0.3, -0.25) is 9.78 Å². The van der Waals surface area contributed by atoms with E-state index in [1.54, 1.807) is 0 Å². The van der Waals surface area contributed by atoms with E-state index >= 15 is 0 Å². The first kappa shape index (κ1) is 22.5. The minimum absolute atomic E-state index is 0.00218. The van der Waals surface area contributed by atoms with Gasteiger partial charge in [0.15, 0.2) is 23.7 Å². The molecule has 4 N–H and O–H groups in total. The molecular formula is C18H18ClF3N6O3. The number of halogens is 4. The van der Waals surface area contributed by atoms with Gasteiger partial charge in [0, 0.05) is 5.69 Å². The van der Waals surface area contributed by atoms with Crippen LogP contribution in [0.25, 0.3) is 0 Å². The number of rotatable bonds is 7. The summed E-state index contributed by atoms with van der Waals surface area (Å²) in [7, 11) is 0. The lowest BCUT2D eigenvalue weighted by Gasteiger charge is -2.36. The highest BCUT2D eigenvalue weighted by Crippen LogP contribution is 2.43. The van der Waals surface area contributed by atoms with Crippen LogP contribution in [0.2, 0.25) is 0 Å². The number of aliphatic imine (C=N–C) groups is 1. The highest BCUT2D eigenvalue weighted by molar-refractivity contribution is 6.18. The summed E-state index contributed by atoms with van der Waals surface area (Å²) < 4.78 is 53.2. The number of hydrogen-bond donors (Lipinski definition) is 2. The lowest BCUT2D eigenvalue weighted by atomic mass is 9.88. The van der Waals surface area contributed by atoms with Crippen LogP contribution in [-0.4, -0.2) is 51.8 Å². The standard InChI is InChI=1S/C18H18ClF3N6O3/c1-17(18(21,22)8-31-16(24)28-17)14-10(20)3-2-9(26-14)6-11(29)13-15(23)27-12(7-25-13)30-5-4-19/h2-3,7H,4-6,8H2,1H3,(H2,23,27)(H2,24,28)/t17-/m1/s1. The quantitative estimate of drug-likeness (QED) is 0.473. The number of ether oxygens (including phenoxy) is 2. The molecule has 1 atom stereocenters. The Morgan fingerprint density at radius 1 is 1.32 bits per heavy atom. The number of nitrogens with zero attached hydrogens (tertiary/aromatic N) is 4. The predicted molar refractivity (Wildman–Crippen MR) is 105 cm³/mol. The Bertz CT molecular complexity index is 1040. The van der Waals surface area contributed by atoms with Gasteiger partial charge in [-0.15, -0.1) is 11.6 Å². The topological polar surface area (TPSA) is 139 Å². The summed E-state index contributed by atoms with van der Waals surface area (Å²) in [5.74, 6) is -5.12. The van der Waals surface area contributed by atoms with Gasteiger partial charge in [0.1, 0.15) is 23.8 Å². The van der Waals surface area contributed by atoms with Gasteiger partial charge in [-0.05, 0) is 19.1 Å². The zero-order chi connectivity index (χ0) is 22.8. The molecule has 0 saturated heterocycles. The molecule has 2 aromatic rings. The van der Waals surface area contributed by atoms with Crippen LogP contribution in [0.1, 0.15) is 28.8 Å². The number of carbonyl (C=O) groups excluding carboxylic acids is 1. The van der Waals surface area contributed by atoms with Crippen molar-refractivity contribution in [2.24, 2.45) is 10.7 Å². The zero-order valence-electron chi connectivity index (χ0n) is 16.2. The summed E-state index contributed by atoms with van der Waals surface area (Å²) in [5, 5.41) is 0. The van der Waals surface area contributed by atoms with Crippen molar-refractivity contribution in [1.82, 2.24) is 15.0 Å². The molecule has 0 saturated carbocycles. The molecule has 3 heterocycles. The number of carbonyl (C=O) groups is 1. The van der Waals surface area contributed by atoms with E-state index in [0.29, 0.717) is 0 Å². The van der Waals surface area contributed by atoms with Gasteiger partial charge in [0.25, 0.3) is 6.02 Å². The second kappa shape index (κ2) is 8.53. The van der Waals surface area contributed by atoms with Crippen LogP contribution in [-0.2, 0) is 16.7 Å². The fraction of sp³-hybridized carbons (Fsp3) is 0.389. The van der Waals surface area contributed by atoms with Crippen molar-refractivity contribution >= 4 is 29.2 Å². The average Bonchev–Trinajstić information content (AvgIpc) is 2.71. The zero-order valence-corrected chi connectivity index (χ0v) is 17.0. The van der Waals surface area contributed by atoms with E-state index in [0.717, 1.165) is 13.0 Å². The molecule has 31 heavy (non-hydrogen) atoms. The summed E-state index contributed by atoms with van der Waals surface area (Å²) in [4.78, 5) is 27.9. The maximum Gasteiger partial charge on any atom is 0.311 e. The molecule has 166 valence electrons. The van der Waals surface area contributed by atoms with E-state index in [2.05, 4.69) is 24.7 Å². The third kappa shape index (κ3) is 4.48. The van der Waals surface area contributed by atoms with Crippen LogP contribution in [0.5, 0.6) is 5.88 Å². The number of aromatic nitrogens is 3. The first-order valence-corrected chi connectivity index (χ1v) is 9.47. The number of pyridine rings is 1. The van der Waals surface area contributed by atoms with Gasteiger partial charge < -0.3 is 20.9 Å². The number of amidine groups is 1. The fourth-order valence-electron chi connectivity index (χ4n) is 2.85. The van der Waals surface area contributed by atoms with E-state index < -0.39 is 47.8 Å². The molecule has 0 amide bonds. The SMILES string of the molecule is C[C@]1(c2nc(CC(=O)c3ncc(OCCCl)nc3N)ccc2F)N=C(N)OCC1(F)F. The van der Waals surface area contributed by atoms with Crippen molar-refractivity contribution in [3.63, 3.8) is 0 Å². The Morgan fingerprint density at radius 2 is 2.06 bits per heavy atom. The molecule has 3 rings (SSSR count). The molecule has 0 unspecified atom stereocenters. The molecule has 0 aromatic carbocycles. The van der Waals surface area contributed by atoms with Crippen LogP contribution in [0.3, 0.4) is 0 Å². The minimum atomic E-state index is -3.60. The lowest BCUT2D eigenvalue weighted by Crippen LogP contribution is -2.51. The van der Waals surface area contributed by atoms with Gasteiger partial charge in [-0.2, -0.15) is 13.8 Å². The van der Waals surface area contributed by atoms with E-state index in [1.807, 2.05) is 0 Å². The van der Waals surface area contributed by atoms with Crippen LogP contribution in [0.4, 0.5) is 19.0 Å². The maximum absolute atomic E-state index is 14.5. The normalized spacial score (nSPS) is 20.0. The van der Waals surface area contributed by atoms with Gasteiger partial charge in [0.05, 0.1) is 18.5 Å². The second-order valence-corrected chi connectivity index (χ2v) is 7.11. The summed E-state index contributed by atoms with van der Waals surface area (Å²) in [6, 6.07) is 1.59. The summed E-state index contributed by atoms with van der Waals surface area (Å²) in [6.45, 7) is 0.0719. The van der Waals surface area contributed by atoms with Crippen LogP contribution < -0.4 is 16.2 Å². The first-order valence-electron chi connectivity index (χ1n) is 8.93. The molecular weight excluding hydrogens is 441 g/mol.